The standard InChI is InChI=1S/C17H22N6O2S/c1-2-10-7-11(21-26(24,25)12-3-4-12)8-15(10)23-16-13-5-6-18-17(13)19-9-14(16)20-22-23/h5-6,9-12,15,21-22H,2-4,7-8H2,1H3/t10-,11+,15+/m1/s1. The molecule has 9 heteroatoms. The zero-order chi connectivity index (χ0) is 17.9. The molecule has 0 spiro atoms. The maximum absolute atomic E-state index is 12.3. The SMILES string of the molecule is CC[C@@H]1C[C@H](NS(=O)(=O)C2CC2)C[C@@H]1n1[nH]nc2cnc3nccc3c21. The van der Waals surface area contributed by atoms with Crippen LogP contribution in [0.4, 0.5) is 0 Å². The summed E-state index contributed by atoms with van der Waals surface area (Å²) in [4.78, 5) is 8.63. The monoisotopic (exact) mass is 374 g/mol. The van der Waals surface area contributed by atoms with E-state index in [9.17, 15) is 8.42 Å². The number of nitrogens with one attached hydrogen (secondary N) is 2. The number of sulfonamides is 1. The molecule has 0 amide bonds. The number of hydrogen-bond donors (Lipinski definition) is 2. The summed E-state index contributed by atoms with van der Waals surface area (Å²) in [5.74, 6) is 0.390. The Morgan fingerprint density at radius 2 is 2.15 bits per heavy atom. The molecule has 3 aromatic heterocycles. The molecule has 0 aromatic carbocycles. The van der Waals surface area contributed by atoms with Crippen molar-refractivity contribution in [3.05, 3.63) is 18.5 Å². The molecule has 2 fully saturated rings. The van der Waals surface area contributed by atoms with Gasteiger partial charge in [-0.2, -0.15) is 5.10 Å². The Morgan fingerprint density at radius 3 is 2.92 bits per heavy atom. The van der Waals surface area contributed by atoms with Gasteiger partial charge in [-0.1, -0.05) is 13.3 Å². The molecule has 2 aliphatic rings. The van der Waals surface area contributed by atoms with Gasteiger partial charge in [-0.3, -0.25) is 4.68 Å². The van der Waals surface area contributed by atoms with Crippen molar-refractivity contribution < 1.29 is 8.42 Å². The van der Waals surface area contributed by atoms with E-state index < -0.39 is 10.0 Å². The van der Waals surface area contributed by atoms with E-state index >= 15 is 0 Å². The van der Waals surface area contributed by atoms with E-state index in [0.717, 1.165) is 48.5 Å². The zero-order valence-corrected chi connectivity index (χ0v) is 15.4. The fourth-order valence-electron chi connectivity index (χ4n) is 4.33. The van der Waals surface area contributed by atoms with Crippen molar-refractivity contribution in [1.29, 1.82) is 0 Å². The molecule has 26 heavy (non-hydrogen) atoms. The third kappa shape index (κ3) is 2.52. The molecule has 3 heterocycles. The second kappa shape index (κ2) is 5.75. The number of aromatic nitrogens is 5. The van der Waals surface area contributed by atoms with Gasteiger partial charge in [-0.15, -0.1) is 0 Å². The topological polar surface area (TPSA) is 106 Å². The largest absolute Gasteiger partial charge is 0.266 e. The van der Waals surface area contributed by atoms with E-state index in [1.54, 1.807) is 12.4 Å². The van der Waals surface area contributed by atoms with Crippen molar-refractivity contribution in [2.75, 3.05) is 0 Å². The van der Waals surface area contributed by atoms with Crippen molar-refractivity contribution >= 4 is 32.1 Å². The Morgan fingerprint density at radius 1 is 1.31 bits per heavy atom. The van der Waals surface area contributed by atoms with Crippen LogP contribution < -0.4 is 4.72 Å². The number of H-pyrrole nitrogens is 1. The summed E-state index contributed by atoms with van der Waals surface area (Å²) in [6.07, 6.45) is 7.69. The minimum Gasteiger partial charge on any atom is -0.266 e. The number of fused-ring (bicyclic) bond motifs is 3. The molecule has 0 saturated heterocycles. The highest BCUT2D eigenvalue weighted by atomic mass is 32.2. The van der Waals surface area contributed by atoms with E-state index in [4.69, 9.17) is 0 Å². The van der Waals surface area contributed by atoms with Crippen molar-refractivity contribution in [3.63, 3.8) is 0 Å². The van der Waals surface area contributed by atoms with Gasteiger partial charge in [0.1, 0.15) is 5.52 Å². The van der Waals surface area contributed by atoms with Crippen LogP contribution >= 0.6 is 0 Å². The van der Waals surface area contributed by atoms with Gasteiger partial charge in [-0.25, -0.2) is 28.3 Å². The molecule has 5 rings (SSSR count). The molecule has 0 radical (unpaired) electrons. The van der Waals surface area contributed by atoms with Crippen LogP contribution in [0.15, 0.2) is 18.5 Å². The smallest absolute Gasteiger partial charge is 0.214 e. The number of rotatable bonds is 5. The summed E-state index contributed by atoms with van der Waals surface area (Å²) in [5, 5.41) is 8.35. The number of aromatic amines is 1. The van der Waals surface area contributed by atoms with Crippen molar-refractivity contribution in [2.24, 2.45) is 5.92 Å². The Bertz CT molecular complexity index is 1070. The first kappa shape index (κ1) is 16.2. The fourth-order valence-corrected chi connectivity index (χ4v) is 5.94. The summed E-state index contributed by atoms with van der Waals surface area (Å²) in [6, 6.07) is 2.12. The molecule has 2 saturated carbocycles. The minimum absolute atomic E-state index is 0.0171. The fraction of sp³-hybridized carbons (Fsp3) is 0.588. The molecule has 2 N–H and O–H groups in total. The number of pyridine rings is 1. The van der Waals surface area contributed by atoms with E-state index in [1.165, 1.54) is 0 Å². The zero-order valence-electron chi connectivity index (χ0n) is 14.6. The van der Waals surface area contributed by atoms with E-state index in [1.807, 2.05) is 6.07 Å². The van der Waals surface area contributed by atoms with Crippen LogP contribution in [0.5, 0.6) is 0 Å². The molecule has 0 bridgehead atoms. The number of nitrogens with zero attached hydrogens (tertiary/aromatic N) is 4. The van der Waals surface area contributed by atoms with Gasteiger partial charge >= 0.3 is 0 Å². The van der Waals surface area contributed by atoms with Crippen molar-refractivity contribution in [3.8, 4) is 0 Å². The van der Waals surface area contributed by atoms with Gasteiger partial charge < -0.3 is 0 Å². The Kier molecular flexibility index (Phi) is 3.58. The summed E-state index contributed by atoms with van der Waals surface area (Å²) in [6.45, 7) is 2.16. The third-order valence-electron chi connectivity index (χ3n) is 5.81. The van der Waals surface area contributed by atoms with Gasteiger partial charge in [0.2, 0.25) is 10.0 Å². The van der Waals surface area contributed by atoms with Gasteiger partial charge in [0.15, 0.2) is 5.65 Å². The molecule has 3 atom stereocenters. The van der Waals surface area contributed by atoms with Gasteiger partial charge in [0, 0.05) is 17.6 Å². The first-order valence-electron chi connectivity index (χ1n) is 9.24. The van der Waals surface area contributed by atoms with Crippen molar-refractivity contribution in [2.45, 2.75) is 56.4 Å². The van der Waals surface area contributed by atoms with E-state index in [0.29, 0.717) is 11.6 Å². The van der Waals surface area contributed by atoms with Gasteiger partial charge in [-0.05, 0) is 37.7 Å². The summed E-state index contributed by atoms with van der Waals surface area (Å²) in [7, 11) is -3.17. The van der Waals surface area contributed by atoms with Gasteiger partial charge in [0.25, 0.3) is 0 Å². The Labute approximate surface area is 151 Å². The molecule has 0 unspecified atom stereocenters. The maximum Gasteiger partial charge on any atom is 0.214 e. The number of hydrogen-bond acceptors (Lipinski definition) is 5. The average molecular weight is 374 g/mol. The highest BCUT2D eigenvalue weighted by Gasteiger charge is 2.41. The lowest BCUT2D eigenvalue weighted by atomic mass is 10.0. The molecular weight excluding hydrogens is 352 g/mol. The molecule has 2 aliphatic carbocycles. The minimum atomic E-state index is -3.17. The van der Waals surface area contributed by atoms with E-state index in [2.05, 4.69) is 36.6 Å². The molecule has 138 valence electrons. The van der Waals surface area contributed by atoms with Crippen LogP contribution in [-0.4, -0.2) is 44.7 Å². The van der Waals surface area contributed by atoms with Crippen LogP contribution in [-0.2, 0) is 10.0 Å². The Balaban J connectivity index is 1.50. The van der Waals surface area contributed by atoms with Crippen LogP contribution in [0.25, 0.3) is 22.1 Å². The van der Waals surface area contributed by atoms with Crippen LogP contribution in [0, 0.1) is 5.92 Å². The highest BCUT2D eigenvalue weighted by molar-refractivity contribution is 7.90. The normalized spacial score (nSPS) is 26.9. The predicted molar refractivity (Wildman–Crippen MR) is 98.1 cm³/mol. The van der Waals surface area contributed by atoms with Gasteiger partial charge in [0.05, 0.1) is 23.0 Å². The second-order valence-electron chi connectivity index (χ2n) is 7.52. The lowest BCUT2D eigenvalue weighted by Gasteiger charge is -2.19. The van der Waals surface area contributed by atoms with Crippen molar-refractivity contribution in [1.82, 2.24) is 29.7 Å². The quantitative estimate of drug-likeness (QED) is 0.712. The van der Waals surface area contributed by atoms with E-state index in [-0.39, 0.29) is 17.3 Å². The predicted octanol–water partition coefficient (Wildman–Crippen LogP) is 2.12. The lowest BCUT2D eigenvalue weighted by Crippen LogP contribution is -2.35. The van der Waals surface area contributed by atoms with Crippen LogP contribution in [0.1, 0.15) is 45.1 Å². The highest BCUT2D eigenvalue weighted by Crippen LogP contribution is 2.40. The van der Waals surface area contributed by atoms with Crippen LogP contribution in [0.2, 0.25) is 0 Å². The summed E-state index contributed by atoms with van der Waals surface area (Å²) in [5.41, 5.74) is 2.52. The first-order chi connectivity index (χ1) is 12.6. The molecule has 8 nitrogen and oxygen atoms in total. The summed E-state index contributed by atoms with van der Waals surface area (Å²) >= 11 is 0. The molecular formula is C17H22N6O2S. The third-order valence-corrected chi connectivity index (χ3v) is 7.82. The van der Waals surface area contributed by atoms with Crippen LogP contribution in [0.3, 0.4) is 0 Å². The maximum atomic E-state index is 12.3. The second-order valence-corrected chi connectivity index (χ2v) is 9.51. The average Bonchev–Trinajstić information content (AvgIpc) is 3.06. The molecule has 3 aromatic rings. The lowest BCUT2D eigenvalue weighted by molar-refractivity contribution is 0.346. The summed E-state index contributed by atoms with van der Waals surface area (Å²) < 4.78 is 29.7. The molecule has 0 aliphatic heterocycles. The Hall–Kier alpha value is -2.00. The first-order valence-corrected chi connectivity index (χ1v) is 10.8.